The molecule has 2 N–H and O–H groups in total. The van der Waals surface area contributed by atoms with E-state index in [2.05, 4.69) is 20.6 Å². The fourth-order valence-electron chi connectivity index (χ4n) is 3.22. The van der Waals surface area contributed by atoms with E-state index in [-0.39, 0.29) is 11.8 Å². The van der Waals surface area contributed by atoms with Gasteiger partial charge in [0.1, 0.15) is 0 Å². The molecule has 9 heteroatoms. The molecule has 0 saturated carbocycles. The van der Waals surface area contributed by atoms with Crippen molar-refractivity contribution in [2.45, 2.75) is 19.3 Å². The number of aromatic nitrogens is 2. The maximum absolute atomic E-state index is 12.5. The molecule has 0 unspecified atom stereocenters. The summed E-state index contributed by atoms with van der Waals surface area (Å²) in [6.45, 7) is 1.92. The molecule has 1 aliphatic rings. The van der Waals surface area contributed by atoms with E-state index in [0.717, 1.165) is 12.0 Å². The first-order valence-corrected chi connectivity index (χ1v) is 11.6. The van der Waals surface area contributed by atoms with E-state index in [0.29, 0.717) is 45.0 Å². The van der Waals surface area contributed by atoms with Crippen molar-refractivity contribution in [3.63, 3.8) is 0 Å². The van der Waals surface area contributed by atoms with Gasteiger partial charge in [0.2, 0.25) is 21.9 Å². The predicted octanol–water partition coefficient (Wildman–Crippen LogP) is 2.11. The molecule has 1 aromatic carbocycles. The molecular formula is C21H27N5O3S. The summed E-state index contributed by atoms with van der Waals surface area (Å²) in [5.74, 6) is 0.404. The number of carbonyl (C=O) groups is 1. The summed E-state index contributed by atoms with van der Waals surface area (Å²) in [5.41, 5.74) is 0.837. The summed E-state index contributed by atoms with van der Waals surface area (Å²) in [4.78, 5) is 20.5. The Kier molecular flexibility index (Phi) is 7.92. The van der Waals surface area contributed by atoms with E-state index < -0.39 is 10.0 Å². The smallest absolute Gasteiger partial charge is 0.236 e. The molecule has 1 fully saturated rings. The third kappa shape index (κ3) is 6.64. The number of amides is 1. The van der Waals surface area contributed by atoms with Crippen molar-refractivity contribution in [3.8, 4) is 0 Å². The SMILES string of the molecule is O=C(NCCCNc1ncccn1)C1CCN(S(=O)(=O)/C=C/c2ccccc2)CC1. The third-order valence-electron chi connectivity index (χ3n) is 4.92. The number of sulfonamides is 1. The van der Waals surface area contributed by atoms with Crippen LogP contribution in [0.3, 0.4) is 0 Å². The van der Waals surface area contributed by atoms with Crippen molar-refractivity contribution < 1.29 is 13.2 Å². The lowest BCUT2D eigenvalue weighted by Gasteiger charge is -2.29. The highest BCUT2D eigenvalue weighted by Gasteiger charge is 2.29. The zero-order valence-corrected chi connectivity index (χ0v) is 17.6. The fraction of sp³-hybridized carbons (Fsp3) is 0.381. The van der Waals surface area contributed by atoms with Crippen LogP contribution in [0.15, 0.2) is 54.2 Å². The van der Waals surface area contributed by atoms with Gasteiger partial charge in [0.05, 0.1) is 0 Å². The monoisotopic (exact) mass is 429 g/mol. The molecule has 8 nitrogen and oxygen atoms in total. The van der Waals surface area contributed by atoms with Crippen molar-refractivity contribution in [2.24, 2.45) is 5.92 Å². The maximum Gasteiger partial charge on any atom is 0.236 e. The second-order valence-electron chi connectivity index (χ2n) is 7.08. The standard InChI is InChI=1S/C21H27N5O3S/c27-20(22-11-4-12-23-21-24-13-5-14-25-21)19-8-15-26(16-9-19)30(28,29)17-10-18-6-2-1-3-7-18/h1-3,5-7,10,13-14,17,19H,4,8-9,11-12,15-16H2,(H,22,27)(H,23,24,25)/b17-10+. The lowest BCUT2D eigenvalue weighted by Crippen LogP contribution is -2.42. The number of hydrogen-bond donors (Lipinski definition) is 2. The number of nitrogens with one attached hydrogen (secondary N) is 2. The fourth-order valence-corrected chi connectivity index (χ4v) is 4.44. The van der Waals surface area contributed by atoms with Crippen molar-refractivity contribution in [2.75, 3.05) is 31.5 Å². The quantitative estimate of drug-likeness (QED) is 0.592. The van der Waals surface area contributed by atoms with Gasteiger partial charge in [0.25, 0.3) is 0 Å². The van der Waals surface area contributed by atoms with Crippen LogP contribution in [0.5, 0.6) is 0 Å². The van der Waals surface area contributed by atoms with Crippen LogP contribution in [-0.4, -0.2) is 54.8 Å². The van der Waals surface area contributed by atoms with Gasteiger partial charge in [0, 0.05) is 49.9 Å². The zero-order chi connectivity index (χ0) is 21.2. The first-order chi connectivity index (χ1) is 14.5. The number of piperidine rings is 1. The molecule has 30 heavy (non-hydrogen) atoms. The normalized spacial score (nSPS) is 15.9. The third-order valence-corrected chi connectivity index (χ3v) is 6.48. The summed E-state index contributed by atoms with van der Waals surface area (Å²) >= 11 is 0. The van der Waals surface area contributed by atoms with Gasteiger partial charge in [0.15, 0.2) is 0 Å². The van der Waals surface area contributed by atoms with Crippen molar-refractivity contribution in [1.82, 2.24) is 19.6 Å². The molecule has 2 heterocycles. The Morgan fingerprint density at radius 2 is 1.77 bits per heavy atom. The van der Waals surface area contributed by atoms with E-state index >= 15 is 0 Å². The lowest BCUT2D eigenvalue weighted by molar-refractivity contribution is -0.126. The Morgan fingerprint density at radius 1 is 1.07 bits per heavy atom. The van der Waals surface area contributed by atoms with Gasteiger partial charge >= 0.3 is 0 Å². The summed E-state index contributed by atoms with van der Waals surface area (Å²) in [6, 6.07) is 11.1. The number of carbonyl (C=O) groups excluding carboxylic acids is 1. The number of rotatable bonds is 9. The van der Waals surface area contributed by atoms with Crippen LogP contribution in [0, 0.1) is 5.92 Å². The Balaban J connectivity index is 1.37. The van der Waals surface area contributed by atoms with E-state index in [1.807, 2.05) is 30.3 Å². The molecule has 1 aliphatic heterocycles. The highest BCUT2D eigenvalue weighted by atomic mass is 32.2. The molecule has 0 radical (unpaired) electrons. The average molecular weight is 430 g/mol. The van der Waals surface area contributed by atoms with Gasteiger partial charge in [-0.05, 0) is 37.0 Å². The summed E-state index contributed by atoms with van der Waals surface area (Å²) in [5, 5.41) is 7.27. The predicted molar refractivity (Wildman–Crippen MR) is 117 cm³/mol. The number of anilines is 1. The number of benzene rings is 1. The van der Waals surface area contributed by atoms with Gasteiger partial charge in [-0.15, -0.1) is 0 Å². The Morgan fingerprint density at radius 3 is 2.47 bits per heavy atom. The van der Waals surface area contributed by atoms with Crippen LogP contribution in [0.25, 0.3) is 6.08 Å². The van der Waals surface area contributed by atoms with Crippen LogP contribution in [-0.2, 0) is 14.8 Å². The minimum atomic E-state index is -3.48. The molecule has 160 valence electrons. The second-order valence-corrected chi connectivity index (χ2v) is 8.89. The van der Waals surface area contributed by atoms with E-state index in [1.165, 1.54) is 9.71 Å². The Hall–Kier alpha value is -2.78. The van der Waals surface area contributed by atoms with E-state index in [4.69, 9.17) is 0 Å². The average Bonchev–Trinajstić information content (AvgIpc) is 2.79. The largest absolute Gasteiger partial charge is 0.356 e. The minimum absolute atomic E-state index is 0.0113. The molecule has 2 aromatic rings. The van der Waals surface area contributed by atoms with Gasteiger partial charge in [-0.25, -0.2) is 18.4 Å². The molecule has 0 bridgehead atoms. The molecule has 1 saturated heterocycles. The van der Waals surface area contributed by atoms with Crippen LogP contribution >= 0.6 is 0 Å². The molecule has 1 amide bonds. The molecule has 1 aromatic heterocycles. The summed E-state index contributed by atoms with van der Waals surface area (Å²) in [6.07, 6.45) is 6.74. The summed E-state index contributed by atoms with van der Waals surface area (Å²) in [7, 11) is -3.48. The maximum atomic E-state index is 12.5. The van der Waals surface area contributed by atoms with Gasteiger partial charge in [-0.3, -0.25) is 4.79 Å². The number of hydrogen-bond acceptors (Lipinski definition) is 6. The van der Waals surface area contributed by atoms with Crippen molar-refractivity contribution in [3.05, 3.63) is 59.8 Å². The van der Waals surface area contributed by atoms with Crippen molar-refractivity contribution in [1.29, 1.82) is 0 Å². The molecule has 0 spiro atoms. The number of nitrogens with zero attached hydrogens (tertiary/aromatic N) is 3. The van der Waals surface area contributed by atoms with Crippen LogP contribution in [0.2, 0.25) is 0 Å². The first-order valence-electron chi connectivity index (χ1n) is 10.1. The molecule has 3 rings (SSSR count). The van der Waals surface area contributed by atoms with Crippen LogP contribution in [0.1, 0.15) is 24.8 Å². The molecular weight excluding hydrogens is 402 g/mol. The Bertz CT molecular complexity index is 928. The second kappa shape index (κ2) is 10.8. The molecule has 0 aliphatic carbocycles. The highest BCUT2D eigenvalue weighted by Crippen LogP contribution is 2.21. The van der Waals surface area contributed by atoms with Crippen molar-refractivity contribution >= 4 is 28.0 Å². The lowest BCUT2D eigenvalue weighted by atomic mass is 9.97. The van der Waals surface area contributed by atoms with Gasteiger partial charge in [-0.1, -0.05) is 30.3 Å². The highest BCUT2D eigenvalue weighted by molar-refractivity contribution is 7.92. The Labute approximate surface area is 177 Å². The van der Waals surface area contributed by atoms with Crippen LogP contribution < -0.4 is 10.6 Å². The van der Waals surface area contributed by atoms with E-state index in [1.54, 1.807) is 24.5 Å². The van der Waals surface area contributed by atoms with E-state index in [9.17, 15) is 13.2 Å². The summed E-state index contributed by atoms with van der Waals surface area (Å²) < 4.78 is 26.5. The first kappa shape index (κ1) is 21.9. The topological polar surface area (TPSA) is 104 Å². The van der Waals surface area contributed by atoms with Gasteiger partial charge in [-0.2, -0.15) is 4.31 Å². The minimum Gasteiger partial charge on any atom is -0.356 e. The zero-order valence-electron chi connectivity index (χ0n) is 16.8. The molecule has 0 atom stereocenters. The van der Waals surface area contributed by atoms with Crippen LogP contribution in [0.4, 0.5) is 5.95 Å². The van der Waals surface area contributed by atoms with Gasteiger partial charge < -0.3 is 10.6 Å².